The van der Waals surface area contributed by atoms with Crippen molar-refractivity contribution in [3.05, 3.63) is 24.3 Å². The second-order valence-electron chi connectivity index (χ2n) is 4.20. The van der Waals surface area contributed by atoms with E-state index in [0.29, 0.717) is 17.8 Å². The standard InChI is InChI=1S/C11H16FN3.2ClH/c1-8-6-15(7-9(2)14-8)11-3-4-13-5-10(11)12;;/h3-5,8-9,14H,6-7H2,1-2H3;2*1H/t8-,9-;;/m1../s1. The quantitative estimate of drug-likeness (QED) is 0.856. The molecule has 1 saturated heterocycles. The van der Waals surface area contributed by atoms with Gasteiger partial charge in [-0.2, -0.15) is 0 Å². The molecule has 0 saturated carbocycles. The van der Waals surface area contributed by atoms with Gasteiger partial charge in [0.05, 0.1) is 11.9 Å². The van der Waals surface area contributed by atoms with E-state index in [1.165, 1.54) is 6.20 Å². The molecule has 6 heteroatoms. The van der Waals surface area contributed by atoms with E-state index < -0.39 is 0 Å². The lowest BCUT2D eigenvalue weighted by Gasteiger charge is -2.37. The van der Waals surface area contributed by atoms with E-state index in [2.05, 4.69) is 29.0 Å². The predicted molar refractivity (Wildman–Crippen MR) is 73.0 cm³/mol. The van der Waals surface area contributed by atoms with Gasteiger partial charge in [0.15, 0.2) is 5.82 Å². The molecule has 1 fully saturated rings. The summed E-state index contributed by atoms with van der Waals surface area (Å²) in [6.07, 6.45) is 2.91. The van der Waals surface area contributed by atoms with Crippen molar-refractivity contribution >= 4 is 30.5 Å². The molecule has 2 rings (SSSR count). The van der Waals surface area contributed by atoms with Crippen LogP contribution >= 0.6 is 24.8 Å². The highest BCUT2D eigenvalue weighted by atomic mass is 35.5. The Bertz CT molecular complexity index is 341. The summed E-state index contributed by atoms with van der Waals surface area (Å²) in [5.41, 5.74) is 0.658. The van der Waals surface area contributed by atoms with Crippen LogP contribution in [-0.4, -0.2) is 30.2 Å². The van der Waals surface area contributed by atoms with Gasteiger partial charge < -0.3 is 10.2 Å². The van der Waals surface area contributed by atoms with Gasteiger partial charge in [-0.25, -0.2) is 4.39 Å². The van der Waals surface area contributed by atoms with E-state index in [1.807, 2.05) is 0 Å². The molecule has 0 amide bonds. The van der Waals surface area contributed by atoms with E-state index in [9.17, 15) is 4.39 Å². The molecule has 98 valence electrons. The Labute approximate surface area is 114 Å². The minimum atomic E-state index is -0.237. The molecule has 2 heterocycles. The van der Waals surface area contributed by atoms with Crippen LogP contribution < -0.4 is 10.2 Å². The van der Waals surface area contributed by atoms with Crippen molar-refractivity contribution in [2.24, 2.45) is 0 Å². The number of hydrogen-bond acceptors (Lipinski definition) is 3. The van der Waals surface area contributed by atoms with Gasteiger partial charge in [-0.1, -0.05) is 0 Å². The van der Waals surface area contributed by atoms with Crippen LogP contribution in [0, 0.1) is 5.82 Å². The van der Waals surface area contributed by atoms with E-state index in [-0.39, 0.29) is 30.6 Å². The summed E-state index contributed by atoms with van der Waals surface area (Å²) < 4.78 is 13.5. The molecular formula is C11H18Cl2FN3. The molecule has 0 unspecified atom stereocenters. The second kappa shape index (κ2) is 6.99. The second-order valence-corrected chi connectivity index (χ2v) is 4.20. The van der Waals surface area contributed by atoms with Crippen molar-refractivity contribution in [1.82, 2.24) is 10.3 Å². The summed E-state index contributed by atoms with van der Waals surface area (Å²) in [6.45, 7) is 5.90. The summed E-state index contributed by atoms with van der Waals surface area (Å²) in [5, 5.41) is 3.42. The molecule has 17 heavy (non-hydrogen) atoms. The van der Waals surface area contributed by atoms with Crippen molar-refractivity contribution in [3.8, 4) is 0 Å². The Morgan fingerprint density at radius 2 is 1.88 bits per heavy atom. The molecule has 0 radical (unpaired) electrons. The van der Waals surface area contributed by atoms with Crippen LogP contribution in [0.4, 0.5) is 10.1 Å². The molecule has 2 atom stereocenters. The number of nitrogens with zero attached hydrogens (tertiary/aromatic N) is 2. The highest BCUT2D eigenvalue weighted by molar-refractivity contribution is 5.85. The van der Waals surface area contributed by atoms with Crippen LogP contribution in [0.2, 0.25) is 0 Å². The Balaban J connectivity index is 0.00000128. The number of aromatic nitrogens is 1. The molecule has 1 aliphatic rings. The van der Waals surface area contributed by atoms with E-state index in [4.69, 9.17) is 0 Å². The minimum Gasteiger partial charge on any atom is -0.366 e. The fraction of sp³-hybridized carbons (Fsp3) is 0.545. The van der Waals surface area contributed by atoms with Gasteiger partial charge >= 0.3 is 0 Å². The number of pyridine rings is 1. The molecule has 0 aliphatic carbocycles. The smallest absolute Gasteiger partial charge is 0.164 e. The maximum atomic E-state index is 13.5. The van der Waals surface area contributed by atoms with E-state index in [0.717, 1.165) is 13.1 Å². The first-order chi connectivity index (χ1) is 7.16. The van der Waals surface area contributed by atoms with Gasteiger partial charge in [0.25, 0.3) is 0 Å². The van der Waals surface area contributed by atoms with Gasteiger partial charge in [-0.05, 0) is 19.9 Å². The van der Waals surface area contributed by atoms with Gasteiger partial charge in [0, 0.05) is 31.4 Å². The van der Waals surface area contributed by atoms with E-state index in [1.54, 1.807) is 12.3 Å². The fourth-order valence-corrected chi connectivity index (χ4v) is 2.15. The molecule has 1 N–H and O–H groups in total. The third-order valence-corrected chi connectivity index (χ3v) is 2.65. The van der Waals surface area contributed by atoms with Crippen LogP contribution in [0.1, 0.15) is 13.8 Å². The Morgan fingerprint density at radius 3 is 2.41 bits per heavy atom. The number of hydrogen-bond donors (Lipinski definition) is 1. The average Bonchev–Trinajstić information content (AvgIpc) is 2.16. The first-order valence-electron chi connectivity index (χ1n) is 5.27. The third-order valence-electron chi connectivity index (χ3n) is 2.65. The van der Waals surface area contributed by atoms with Crippen molar-refractivity contribution in [3.63, 3.8) is 0 Å². The first kappa shape index (κ1) is 16.4. The monoisotopic (exact) mass is 281 g/mol. The van der Waals surface area contributed by atoms with E-state index >= 15 is 0 Å². The number of halogens is 3. The highest BCUT2D eigenvalue weighted by Crippen LogP contribution is 2.20. The maximum Gasteiger partial charge on any atom is 0.164 e. The number of anilines is 1. The number of rotatable bonds is 1. The van der Waals surface area contributed by atoms with Crippen LogP contribution in [0.3, 0.4) is 0 Å². The van der Waals surface area contributed by atoms with Crippen LogP contribution in [0.25, 0.3) is 0 Å². The lowest BCUT2D eigenvalue weighted by molar-refractivity contribution is 0.403. The lowest BCUT2D eigenvalue weighted by atomic mass is 10.1. The predicted octanol–water partition coefficient (Wildman–Crippen LogP) is 2.25. The van der Waals surface area contributed by atoms with Crippen molar-refractivity contribution in [2.45, 2.75) is 25.9 Å². The van der Waals surface area contributed by atoms with Crippen LogP contribution in [0.5, 0.6) is 0 Å². The molecular weight excluding hydrogens is 264 g/mol. The van der Waals surface area contributed by atoms with Crippen LogP contribution in [-0.2, 0) is 0 Å². The topological polar surface area (TPSA) is 28.2 Å². The molecule has 1 aliphatic heterocycles. The number of nitrogens with one attached hydrogen (secondary N) is 1. The summed E-state index contributed by atoms with van der Waals surface area (Å²) >= 11 is 0. The summed E-state index contributed by atoms with van der Waals surface area (Å²) in [4.78, 5) is 5.83. The number of piperazine rings is 1. The average molecular weight is 282 g/mol. The molecule has 1 aromatic heterocycles. The third kappa shape index (κ3) is 3.98. The molecule has 0 spiro atoms. The van der Waals surface area contributed by atoms with Gasteiger partial charge in [0.2, 0.25) is 0 Å². The summed E-state index contributed by atoms with van der Waals surface area (Å²) in [7, 11) is 0. The summed E-state index contributed by atoms with van der Waals surface area (Å²) in [6, 6.07) is 2.52. The normalized spacial score (nSPS) is 23.6. The Morgan fingerprint density at radius 1 is 1.29 bits per heavy atom. The molecule has 0 bridgehead atoms. The van der Waals surface area contributed by atoms with Crippen molar-refractivity contribution < 1.29 is 4.39 Å². The SMILES string of the molecule is C[C@@H]1CN(c2ccncc2F)C[C@@H](C)N1.Cl.Cl. The molecule has 1 aromatic rings. The van der Waals surface area contributed by atoms with Crippen molar-refractivity contribution in [2.75, 3.05) is 18.0 Å². The molecule has 3 nitrogen and oxygen atoms in total. The summed E-state index contributed by atoms with van der Waals surface area (Å²) in [5.74, 6) is -0.237. The zero-order valence-corrected chi connectivity index (χ0v) is 11.5. The molecule has 0 aromatic carbocycles. The zero-order chi connectivity index (χ0) is 10.8. The largest absolute Gasteiger partial charge is 0.366 e. The van der Waals surface area contributed by atoms with Crippen LogP contribution in [0.15, 0.2) is 18.5 Å². The first-order valence-corrected chi connectivity index (χ1v) is 5.27. The minimum absolute atomic E-state index is 0. The van der Waals surface area contributed by atoms with Gasteiger partial charge in [-0.15, -0.1) is 24.8 Å². The Kier molecular flexibility index (Phi) is 6.75. The van der Waals surface area contributed by atoms with Gasteiger partial charge in [-0.3, -0.25) is 4.98 Å². The highest BCUT2D eigenvalue weighted by Gasteiger charge is 2.22. The lowest BCUT2D eigenvalue weighted by Crippen LogP contribution is -2.54. The Hall–Kier alpha value is -0.580. The maximum absolute atomic E-state index is 13.5. The van der Waals surface area contributed by atoms with Crippen molar-refractivity contribution in [1.29, 1.82) is 0 Å². The fourth-order valence-electron chi connectivity index (χ4n) is 2.15. The zero-order valence-electron chi connectivity index (χ0n) is 9.89. The van der Waals surface area contributed by atoms with Gasteiger partial charge in [0.1, 0.15) is 0 Å².